The van der Waals surface area contributed by atoms with Crippen LogP contribution in [0.3, 0.4) is 0 Å². The zero-order valence-corrected chi connectivity index (χ0v) is 8.08. The molecule has 2 nitrogen and oxygen atoms in total. The maximum absolute atomic E-state index is 9.66. The predicted octanol–water partition coefficient (Wildman–Crippen LogP) is 2.16. The van der Waals surface area contributed by atoms with Gasteiger partial charge < -0.3 is 9.84 Å². The van der Waals surface area contributed by atoms with Crippen molar-refractivity contribution < 1.29 is 9.84 Å². The number of rotatable bonds is 2. The zero-order chi connectivity index (χ0) is 9.47. The quantitative estimate of drug-likeness (QED) is 0.738. The Balaban J connectivity index is 2.16. The third kappa shape index (κ3) is 1.57. The van der Waals surface area contributed by atoms with Crippen molar-refractivity contribution in [3.05, 3.63) is 34.9 Å². The van der Waals surface area contributed by atoms with Crippen molar-refractivity contribution in [3.8, 4) is 0 Å². The minimum absolute atomic E-state index is 0.106. The maximum Gasteiger partial charge on any atom is 0.172 e. The Labute approximate surface area is 82.1 Å². The van der Waals surface area contributed by atoms with E-state index in [1.165, 1.54) is 7.11 Å². The molecule has 13 heavy (non-hydrogen) atoms. The average molecular weight is 199 g/mol. The second-order valence-electron chi connectivity index (χ2n) is 3.36. The van der Waals surface area contributed by atoms with Crippen LogP contribution in [0.25, 0.3) is 0 Å². The summed E-state index contributed by atoms with van der Waals surface area (Å²) < 4.78 is 4.97. The molecule has 1 aliphatic carbocycles. The number of methoxy groups -OCH3 is 1. The van der Waals surface area contributed by atoms with E-state index in [0.717, 1.165) is 5.56 Å². The second kappa shape index (κ2) is 2.98. The largest absolute Gasteiger partial charge is 0.365 e. The van der Waals surface area contributed by atoms with Crippen LogP contribution in [0.2, 0.25) is 5.02 Å². The fourth-order valence-corrected chi connectivity index (χ4v) is 1.66. The zero-order valence-electron chi connectivity index (χ0n) is 7.33. The van der Waals surface area contributed by atoms with E-state index in [0.29, 0.717) is 11.4 Å². The number of halogens is 1. The van der Waals surface area contributed by atoms with Crippen molar-refractivity contribution in [3.63, 3.8) is 0 Å². The number of aliphatic hydroxyl groups is 1. The predicted molar refractivity (Wildman–Crippen MR) is 50.8 cm³/mol. The summed E-state index contributed by atoms with van der Waals surface area (Å²) in [5, 5.41) is 10.4. The summed E-state index contributed by atoms with van der Waals surface area (Å²) in [6.07, 6.45) is 0.672. The van der Waals surface area contributed by atoms with E-state index in [-0.39, 0.29) is 5.92 Å². The molecule has 1 aromatic rings. The molecule has 0 bridgehead atoms. The van der Waals surface area contributed by atoms with Gasteiger partial charge in [-0.1, -0.05) is 23.7 Å². The van der Waals surface area contributed by atoms with Gasteiger partial charge in [-0.25, -0.2) is 0 Å². The molecule has 70 valence electrons. The standard InChI is InChI=1S/C10H11ClO2/c1-13-10(12)6-9(10)7-2-4-8(11)5-3-7/h2-5,9,12H,6H2,1H3. The Bertz CT molecular complexity index is 309. The molecular formula is C10H11ClO2. The number of ether oxygens (including phenoxy) is 1. The fourth-order valence-electron chi connectivity index (χ4n) is 1.53. The van der Waals surface area contributed by atoms with Crippen LogP contribution in [0.1, 0.15) is 17.9 Å². The van der Waals surface area contributed by atoms with Gasteiger partial charge in [-0.2, -0.15) is 0 Å². The molecule has 1 N–H and O–H groups in total. The number of hydrogen-bond donors (Lipinski definition) is 1. The minimum atomic E-state index is -0.937. The van der Waals surface area contributed by atoms with E-state index >= 15 is 0 Å². The van der Waals surface area contributed by atoms with Crippen molar-refractivity contribution in [2.75, 3.05) is 7.11 Å². The van der Waals surface area contributed by atoms with Crippen LogP contribution in [-0.2, 0) is 4.74 Å². The molecule has 1 saturated carbocycles. The molecule has 3 heteroatoms. The molecule has 2 rings (SSSR count). The van der Waals surface area contributed by atoms with Crippen LogP contribution in [0.15, 0.2) is 24.3 Å². The SMILES string of the molecule is COC1(O)CC1c1ccc(Cl)cc1. The Morgan fingerprint density at radius 1 is 1.46 bits per heavy atom. The third-order valence-corrected chi connectivity index (χ3v) is 2.76. The first kappa shape index (κ1) is 9.00. The molecule has 1 fully saturated rings. The Morgan fingerprint density at radius 3 is 2.54 bits per heavy atom. The van der Waals surface area contributed by atoms with Gasteiger partial charge in [0.1, 0.15) is 0 Å². The minimum Gasteiger partial charge on any atom is -0.365 e. The molecule has 2 unspecified atom stereocenters. The summed E-state index contributed by atoms with van der Waals surface area (Å²) in [7, 11) is 1.52. The Kier molecular flexibility index (Phi) is 2.06. The van der Waals surface area contributed by atoms with E-state index in [4.69, 9.17) is 16.3 Å². The van der Waals surface area contributed by atoms with E-state index in [9.17, 15) is 5.11 Å². The molecule has 0 radical (unpaired) electrons. The van der Waals surface area contributed by atoms with Crippen LogP contribution in [0, 0.1) is 0 Å². The van der Waals surface area contributed by atoms with Gasteiger partial charge in [-0.3, -0.25) is 0 Å². The first-order valence-electron chi connectivity index (χ1n) is 4.19. The van der Waals surface area contributed by atoms with Crippen molar-refractivity contribution in [2.24, 2.45) is 0 Å². The highest BCUT2D eigenvalue weighted by molar-refractivity contribution is 6.30. The van der Waals surface area contributed by atoms with Gasteiger partial charge in [-0.15, -0.1) is 0 Å². The second-order valence-corrected chi connectivity index (χ2v) is 3.79. The van der Waals surface area contributed by atoms with Gasteiger partial charge in [0.05, 0.1) is 0 Å². The van der Waals surface area contributed by atoms with Crippen molar-refractivity contribution in [2.45, 2.75) is 18.1 Å². The Morgan fingerprint density at radius 2 is 2.08 bits per heavy atom. The molecule has 0 saturated heterocycles. The summed E-state index contributed by atoms with van der Waals surface area (Å²) in [5.74, 6) is -0.830. The Hall–Kier alpha value is -0.570. The molecule has 0 amide bonds. The van der Waals surface area contributed by atoms with E-state index in [1.807, 2.05) is 24.3 Å². The smallest absolute Gasteiger partial charge is 0.172 e. The van der Waals surface area contributed by atoms with Gasteiger partial charge in [0.25, 0.3) is 0 Å². The van der Waals surface area contributed by atoms with Crippen molar-refractivity contribution >= 4 is 11.6 Å². The lowest BCUT2D eigenvalue weighted by Gasteiger charge is -2.07. The first-order valence-corrected chi connectivity index (χ1v) is 4.56. The van der Waals surface area contributed by atoms with Crippen LogP contribution >= 0.6 is 11.6 Å². The van der Waals surface area contributed by atoms with Gasteiger partial charge in [0, 0.05) is 24.5 Å². The van der Waals surface area contributed by atoms with Crippen LogP contribution in [0.4, 0.5) is 0 Å². The third-order valence-electron chi connectivity index (χ3n) is 2.51. The molecule has 0 aliphatic heterocycles. The lowest BCUT2D eigenvalue weighted by Crippen LogP contribution is -2.12. The lowest BCUT2D eigenvalue weighted by molar-refractivity contribution is -0.105. The van der Waals surface area contributed by atoms with Gasteiger partial charge in [0.2, 0.25) is 0 Å². The highest BCUT2D eigenvalue weighted by Crippen LogP contribution is 2.51. The highest BCUT2D eigenvalue weighted by atomic mass is 35.5. The molecule has 0 aromatic heterocycles. The van der Waals surface area contributed by atoms with Gasteiger partial charge in [0.15, 0.2) is 5.79 Å². The summed E-state index contributed by atoms with van der Waals surface area (Å²) >= 11 is 5.75. The summed E-state index contributed by atoms with van der Waals surface area (Å²) in [6, 6.07) is 7.49. The van der Waals surface area contributed by atoms with Crippen molar-refractivity contribution in [1.29, 1.82) is 0 Å². The van der Waals surface area contributed by atoms with E-state index in [1.54, 1.807) is 0 Å². The molecule has 1 aliphatic rings. The average Bonchev–Trinajstić information content (AvgIpc) is 2.81. The van der Waals surface area contributed by atoms with Crippen LogP contribution < -0.4 is 0 Å². The molecule has 1 aromatic carbocycles. The molecular weight excluding hydrogens is 188 g/mol. The number of benzene rings is 1. The molecule has 2 atom stereocenters. The van der Waals surface area contributed by atoms with Gasteiger partial charge >= 0.3 is 0 Å². The van der Waals surface area contributed by atoms with E-state index < -0.39 is 5.79 Å². The van der Waals surface area contributed by atoms with Crippen molar-refractivity contribution in [1.82, 2.24) is 0 Å². The fraction of sp³-hybridized carbons (Fsp3) is 0.400. The first-order chi connectivity index (χ1) is 6.15. The normalized spacial score (nSPS) is 31.8. The number of hydrogen-bond acceptors (Lipinski definition) is 2. The monoisotopic (exact) mass is 198 g/mol. The summed E-state index contributed by atoms with van der Waals surface area (Å²) in [5.41, 5.74) is 1.08. The molecule has 0 spiro atoms. The summed E-state index contributed by atoms with van der Waals surface area (Å²) in [6.45, 7) is 0. The highest BCUT2D eigenvalue weighted by Gasteiger charge is 2.54. The molecule has 0 heterocycles. The topological polar surface area (TPSA) is 29.5 Å². The van der Waals surface area contributed by atoms with E-state index in [2.05, 4.69) is 0 Å². The lowest BCUT2D eigenvalue weighted by atomic mass is 10.1. The van der Waals surface area contributed by atoms with Crippen LogP contribution in [-0.4, -0.2) is 18.0 Å². The summed E-state index contributed by atoms with van der Waals surface area (Å²) in [4.78, 5) is 0. The van der Waals surface area contributed by atoms with Crippen LogP contribution in [0.5, 0.6) is 0 Å². The maximum atomic E-state index is 9.66. The van der Waals surface area contributed by atoms with Gasteiger partial charge in [-0.05, 0) is 17.7 Å².